The zero-order valence-electron chi connectivity index (χ0n) is 15.6. The SMILES string of the molecule is CCc1cccc(CC)c1NC(=O)CNC(=O)Cc1ccc(OC)cc1. The number of benzene rings is 2. The molecule has 0 atom stereocenters. The summed E-state index contributed by atoms with van der Waals surface area (Å²) in [5.74, 6) is 0.336. The van der Waals surface area contributed by atoms with Crippen LogP contribution in [0.4, 0.5) is 5.69 Å². The van der Waals surface area contributed by atoms with E-state index in [9.17, 15) is 9.59 Å². The molecule has 2 amide bonds. The van der Waals surface area contributed by atoms with E-state index >= 15 is 0 Å². The number of aryl methyl sites for hydroxylation is 2. The molecule has 0 heterocycles. The Morgan fingerprint density at radius 3 is 2.08 bits per heavy atom. The molecule has 0 aliphatic carbocycles. The molecule has 0 saturated carbocycles. The van der Waals surface area contributed by atoms with E-state index in [0.29, 0.717) is 0 Å². The molecule has 138 valence electrons. The summed E-state index contributed by atoms with van der Waals surface area (Å²) >= 11 is 0. The number of amides is 2. The predicted octanol–water partition coefficient (Wildman–Crippen LogP) is 3.12. The van der Waals surface area contributed by atoms with Gasteiger partial charge in [-0.15, -0.1) is 0 Å². The predicted molar refractivity (Wildman–Crippen MR) is 104 cm³/mol. The average Bonchev–Trinajstić information content (AvgIpc) is 2.67. The highest BCUT2D eigenvalue weighted by Gasteiger charge is 2.11. The average molecular weight is 354 g/mol. The second-order valence-electron chi connectivity index (χ2n) is 6.01. The Labute approximate surface area is 154 Å². The van der Waals surface area contributed by atoms with Crippen LogP contribution in [0.15, 0.2) is 42.5 Å². The second kappa shape index (κ2) is 9.61. The van der Waals surface area contributed by atoms with Crippen LogP contribution in [0.5, 0.6) is 5.75 Å². The summed E-state index contributed by atoms with van der Waals surface area (Å²) in [7, 11) is 1.60. The van der Waals surface area contributed by atoms with Gasteiger partial charge in [-0.3, -0.25) is 9.59 Å². The van der Waals surface area contributed by atoms with E-state index in [1.165, 1.54) is 0 Å². The van der Waals surface area contributed by atoms with E-state index in [4.69, 9.17) is 4.74 Å². The third-order valence-corrected chi connectivity index (χ3v) is 4.23. The molecule has 0 bridgehead atoms. The summed E-state index contributed by atoms with van der Waals surface area (Å²) in [5, 5.41) is 5.62. The fourth-order valence-electron chi connectivity index (χ4n) is 2.76. The van der Waals surface area contributed by atoms with Crippen molar-refractivity contribution in [2.75, 3.05) is 19.0 Å². The van der Waals surface area contributed by atoms with Gasteiger partial charge in [0.15, 0.2) is 0 Å². The molecule has 5 nitrogen and oxygen atoms in total. The zero-order chi connectivity index (χ0) is 18.9. The molecule has 2 N–H and O–H groups in total. The smallest absolute Gasteiger partial charge is 0.243 e. The molecule has 0 radical (unpaired) electrons. The Morgan fingerprint density at radius 1 is 0.923 bits per heavy atom. The monoisotopic (exact) mass is 354 g/mol. The lowest BCUT2D eigenvalue weighted by Gasteiger charge is -2.14. The number of ether oxygens (including phenoxy) is 1. The number of rotatable bonds is 8. The first kappa shape index (κ1) is 19.5. The van der Waals surface area contributed by atoms with E-state index in [1.807, 2.05) is 42.5 Å². The number of hydrogen-bond acceptors (Lipinski definition) is 3. The maximum atomic E-state index is 12.2. The van der Waals surface area contributed by atoms with Gasteiger partial charge in [-0.1, -0.05) is 44.2 Å². The first-order chi connectivity index (χ1) is 12.6. The molecule has 26 heavy (non-hydrogen) atoms. The number of carbonyl (C=O) groups is 2. The van der Waals surface area contributed by atoms with Crippen LogP contribution in [0, 0.1) is 0 Å². The Hall–Kier alpha value is -2.82. The quantitative estimate of drug-likeness (QED) is 0.765. The van der Waals surface area contributed by atoms with Gasteiger partial charge in [0.2, 0.25) is 11.8 Å². The Morgan fingerprint density at radius 2 is 1.54 bits per heavy atom. The molecule has 5 heteroatoms. The zero-order valence-corrected chi connectivity index (χ0v) is 15.6. The van der Waals surface area contributed by atoms with Crippen molar-refractivity contribution >= 4 is 17.5 Å². The van der Waals surface area contributed by atoms with Crippen molar-refractivity contribution < 1.29 is 14.3 Å². The van der Waals surface area contributed by atoms with Crippen LogP contribution in [0.25, 0.3) is 0 Å². The minimum Gasteiger partial charge on any atom is -0.497 e. The summed E-state index contributed by atoms with van der Waals surface area (Å²) in [6.07, 6.45) is 1.91. The van der Waals surface area contributed by atoms with Crippen LogP contribution in [0.1, 0.15) is 30.5 Å². The van der Waals surface area contributed by atoms with Gasteiger partial charge in [-0.05, 0) is 41.7 Å². The maximum Gasteiger partial charge on any atom is 0.243 e. The van der Waals surface area contributed by atoms with Gasteiger partial charge < -0.3 is 15.4 Å². The van der Waals surface area contributed by atoms with Crippen molar-refractivity contribution in [3.63, 3.8) is 0 Å². The standard InChI is InChI=1S/C21H26N2O3/c1-4-16-7-6-8-17(5-2)21(16)23-20(25)14-22-19(24)13-15-9-11-18(26-3)12-10-15/h6-12H,4-5,13-14H2,1-3H3,(H,22,24)(H,23,25). The van der Waals surface area contributed by atoms with E-state index in [0.717, 1.165) is 41.0 Å². The van der Waals surface area contributed by atoms with E-state index in [2.05, 4.69) is 24.5 Å². The van der Waals surface area contributed by atoms with Crippen molar-refractivity contribution in [3.05, 3.63) is 59.2 Å². The molecule has 2 aromatic rings. The van der Waals surface area contributed by atoms with Gasteiger partial charge in [0.05, 0.1) is 20.1 Å². The molecule has 0 aliphatic heterocycles. The van der Waals surface area contributed by atoms with Gasteiger partial charge in [-0.2, -0.15) is 0 Å². The van der Waals surface area contributed by atoms with Crippen molar-refractivity contribution in [3.8, 4) is 5.75 Å². The Bertz CT molecular complexity index is 732. The lowest BCUT2D eigenvalue weighted by atomic mass is 10.0. The number of hydrogen-bond donors (Lipinski definition) is 2. The highest BCUT2D eigenvalue weighted by molar-refractivity contribution is 5.96. The van der Waals surface area contributed by atoms with Crippen molar-refractivity contribution in [2.45, 2.75) is 33.1 Å². The lowest BCUT2D eigenvalue weighted by Crippen LogP contribution is -2.34. The minimum absolute atomic E-state index is 0.0454. The van der Waals surface area contributed by atoms with Gasteiger partial charge >= 0.3 is 0 Å². The summed E-state index contributed by atoms with van der Waals surface area (Å²) in [6.45, 7) is 4.07. The van der Waals surface area contributed by atoms with Crippen LogP contribution in [-0.4, -0.2) is 25.5 Å². The molecule has 2 aromatic carbocycles. The fraction of sp³-hybridized carbons (Fsp3) is 0.333. The van der Waals surface area contributed by atoms with E-state index in [1.54, 1.807) is 7.11 Å². The maximum absolute atomic E-state index is 12.2. The Kier molecular flexibility index (Phi) is 7.21. The number of para-hydroxylation sites is 1. The van der Waals surface area contributed by atoms with Crippen LogP contribution >= 0.6 is 0 Å². The highest BCUT2D eigenvalue weighted by atomic mass is 16.5. The largest absolute Gasteiger partial charge is 0.497 e. The first-order valence-electron chi connectivity index (χ1n) is 8.87. The number of nitrogens with one attached hydrogen (secondary N) is 2. The second-order valence-corrected chi connectivity index (χ2v) is 6.01. The molecule has 0 aromatic heterocycles. The van der Waals surface area contributed by atoms with Gasteiger partial charge in [0.25, 0.3) is 0 Å². The van der Waals surface area contributed by atoms with Gasteiger partial charge in [0, 0.05) is 5.69 Å². The normalized spacial score (nSPS) is 10.3. The van der Waals surface area contributed by atoms with Gasteiger partial charge in [0.1, 0.15) is 5.75 Å². The summed E-state index contributed by atoms with van der Waals surface area (Å²) < 4.78 is 5.09. The highest BCUT2D eigenvalue weighted by Crippen LogP contribution is 2.22. The van der Waals surface area contributed by atoms with E-state index < -0.39 is 0 Å². The topological polar surface area (TPSA) is 67.4 Å². The third kappa shape index (κ3) is 5.34. The van der Waals surface area contributed by atoms with Crippen LogP contribution in [-0.2, 0) is 28.9 Å². The molecule has 0 unspecified atom stereocenters. The summed E-state index contributed by atoms with van der Waals surface area (Å²) in [5.41, 5.74) is 3.93. The molecule has 0 fully saturated rings. The van der Waals surface area contributed by atoms with Crippen molar-refractivity contribution in [1.29, 1.82) is 0 Å². The summed E-state index contributed by atoms with van der Waals surface area (Å²) in [6, 6.07) is 13.3. The molecule has 0 saturated heterocycles. The molecule has 0 aliphatic rings. The Balaban J connectivity index is 1.89. The van der Waals surface area contributed by atoms with Crippen LogP contribution in [0.2, 0.25) is 0 Å². The number of methoxy groups -OCH3 is 1. The number of carbonyl (C=O) groups excluding carboxylic acids is 2. The minimum atomic E-state index is -0.219. The number of anilines is 1. The summed E-state index contributed by atoms with van der Waals surface area (Å²) in [4.78, 5) is 24.3. The molecular weight excluding hydrogens is 328 g/mol. The van der Waals surface area contributed by atoms with Crippen LogP contribution in [0.3, 0.4) is 0 Å². The molecule has 2 rings (SSSR count). The van der Waals surface area contributed by atoms with Gasteiger partial charge in [-0.25, -0.2) is 0 Å². The first-order valence-corrected chi connectivity index (χ1v) is 8.87. The van der Waals surface area contributed by atoms with Crippen molar-refractivity contribution in [1.82, 2.24) is 5.32 Å². The fourth-order valence-corrected chi connectivity index (χ4v) is 2.76. The molecule has 0 spiro atoms. The molecular formula is C21H26N2O3. The van der Waals surface area contributed by atoms with Crippen LogP contribution < -0.4 is 15.4 Å². The third-order valence-electron chi connectivity index (χ3n) is 4.23. The lowest BCUT2D eigenvalue weighted by molar-refractivity contribution is -0.123. The van der Waals surface area contributed by atoms with Crippen molar-refractivity contribution in [2.24, 2.45) is 0 Å². The van der Waals surface area contributed by atoms with E-state index in [-0.39, 0.29) is 24.8 Å².